The van der Waals surface area contributed by atoms with E-state index >= 15 is 0 Å². The molecule has 0 saturated carbocycles. The van der Waals surface area contributed by atoms with Crippen LogP contribution in [-0.2, 0) is 13.1 Å². The molecule has 2 aromatic rings. The van der Waals surface area contributed by atoms with E-state index in [1.165, 1.54) is 0 Å². The average Bonchev–Trinajstić information content (AvgIpc) is 2.95. The van der Waals surface area contributed by atoms with Crippen LogP contribution in [-0.4, -0.2) is 24.6 Å². The summed E-state index contributed by atoms with van der Waals surface area (Å²) in [4.78, 5) is 9.41. The van der Waals surface area contributed by atoms with Crippen molar-refractivity contribution >= 4 is 41.3 Å². The van der Waals surface area contributed by atoms with Crippen molar-refractivity contribution in [1.82, 2.24) is 15.6 Å². The molecule has 1 heterocycles. The zero-order valence-corrected chi connectivity index (χ0v) is 17.3. The lowest BCUT2D eigenvalue weighted by Crippen LogP contribution is -2.36. The highest BCUT2D eigenvalue weighted by Gasteiger charge is 2.10. The predicted molar refractivity (Wildman–Crippen MR) is 107 cm³/mol. The Labute approximate surface area is 166 Å². The van der Waals surface area contributed by atoms with Crippen molar-refractivity contribution in [2.75, 3.05) is 7.05 Å². The van der Waals surface area contributed by atoms with E-state index in [1.54, 1.807) is 30.5 Å². The Morgan fingerprint density at radius 2 is 2.00 bits per heavy atom. The number of hydrogen-bond acceptors (Lipinski definition) is 4. The molecule has 1 aromatic heterocycles. The van der Waals surface area contributed by atoms with Crippen LogP contribution in [0.15, 0.2) is 29.4 Å². The van der Waals surface area contributed by atoms with Crippen LogP contribution in [0.5, 0.6) is 5.75 Å². The zero-order chi connectivity index (χ0) is 17.5. The Morgan fingerprint density at radius 3 is 2.60 bits per heavy atom. The van der Waals surface area contributed by atoms with Crippen LogP contribution in [0.2, 0.25) is 0 Å². The van der Waals surface area contributed by atoms with Gasteiger partial charge in [-0.15, -0.1) is 35.3 Å². The number of alkyl halides is 2. The molecule has 0 fully saturated rings. The smallest absolute Gasteiger partial charge is 0.387 e. The van der Waals surface area contributed by atoms with E-state index in [1.807, 2.05) is 26.1 Å². The Hall–Kier alpha value is -1.49. The molecule has 0 aliphatic rings. The van der Waals surface area contributed by atoms with Gasteiger partial charge in [0.25, 0.3) is 0 Å². The first kappa shape index (κ1) is 21.6. The fourth-order valence-electron chi connectivity index (χ4n) is 2.11. The Kier molecular flexibility index (Phi) is 9.04. The van der Waals surface area contributed by atoms with Gasteiger partial charge in [0, 0.05) is 30.2 Å². The minimum absolute atomic E-state index is 0. The highest BCUT2D eigenvalue weighted by molar-refractivity contribution is 14.0. The second-order valence-corrected chi connectivity index (χ2v) is 6.43. The van der Waals surface area contributed by atoms with Gasteiger partial charge in [-0.05, 0) is 19.9 Å². The molecule has 0 atom stereocenters. The van der Waals surface area contributed by atoms with Crippen molar-refractivity contribution in [2.24, 2.45) is 4.99 Å². The molecule has 0 aliphatic heterocycles. The Morgan fingerprint density at radius 1 is 1.28 bits per heavy atom. The molecule has 0 spiro atoms. The lowest BCUT2D eigenvalue weighted by Gasteiger charge is -2.14. The number of ether oxygens (including phenoxy) is 1. The lowest BCUT2D eigenvalue weighted by molar-refractivity contribution is -0.0504. The number of rotatable bonds is 6. The van der Waals surface area contributed by atoms with Crippen molar-refractivity contribution in [3.63, 3.8) is 0 Å². The summed E-state index contributed by atoms with van der Waals surface area (Å²) >= 11 is 1.61. The van der Waals surface area contributed by atoms with E-state index in [4.69, 9.17) is 0 Å². The van der Waals surface area contributed by atoms with Gasteiger partial charge >= 0.3 is 6.61 Å². The third-order valence-electron chi connectivity index (χ3n) is 3.20. The van der Waals surface area contributed by atoms with Crippen LogP contribution in [0, 0.1) is 13.8 Å². The van der Waals surface area contributed by atoms with Gasteiger partial charge in [0.15, 0.2) is 5.96 Å². The summed E-state index contributed by atoms with van der Waals surface area (Å²) in [6.07, 6.45) is 1.81. The number of nitrogens with one attached hydrogen (secondary N) is 2. The molecule has 138 valence electrons. The third-order valence-corrected chi connectivity index (χ3v) is 4.11. The first-order chi connectivity index (χ1) is 11.5. The third kappa shape index (κ3) is 7.10. The summed E-state index contributed by atoms with van der Waals surface area (Å²) < 4.78 is 29.5. The number of thiazole rings is 1. The predicted octanol–water partition coefficient (Wildman–Crippen LogP) is 3.84. The number of hydrogen-bond donors (Lipinski definition) is 2. The fraction of sp³-hybridized carbons (Fsp3) is 0.375. The van der Waals surface area contributed by atoms with Crippen LogP contribution < -0.4 is 15.4 Å². The first-order valence-electron chi connectivity index (χ1n) is 7.38. The number of nitrogens with zero attached hydrogens (tertiary/aromatic N) is 2. The Bertz CT molecular complexity index is 709. The molecular formula is C16H21F2IN4OS. The number of aromatic nitrogens is 1. The normalized spacial score (nSPS) is 11.2. The molecule has 0 saturated heterocycles. The molecule has 0 amide bonds. The van der Waals surface area contributed by atoms with Gasteiger partial charge in [-0.1, -0.05) is 17.7 Å². The standard InChI is InChI=1S/C16H20F2N4OS.HI/c1-10-4-5-14(23-15(17)18)12(6-10)7-21-16(19-3)22-9-13-8-20-11(2)24-13;/h4-6,8,15H,7,9H2,1-3H3,(H2,19,21,22);1H. The molecule has 0 aliphatic carbocycles. The van der Waals surface area contributed by atoms with E-state index in [0.29, 0.717) is 24.6 Å². The summed E-state index contributed by atoms with van der Waals surface area (Å²) in [5.74, 6) is 0.738. The van der Waals surface area contributed by atoms with Crippen LogP contribution in [0.1, 0.15) is 21.0 Å². The fourth-order valence-corrected chi connectivity index (χ4v) is 2.85. The largest absolute Gasteiger partial charge is 0.434 e. The zero-order valence-electron chi connectivity index (χ0n) is 14.2. The molecule has 5 nitrogen and oxygen atoms in total. The van der Waals surface area contributed by atoms with E-state index in [-0.39, 0.29) is 29.7 Å². The highest BCUT2D eigenvalue weighted by atomic mass is 127. The maximum atomic E-state index is 12.5. The number of benzene rings is 1. The number of halogens is 3. The van der Waals surface area contributed by atoms with Crippen LogP contribution >= 0.6 is 35.3 Å². The molecule has 9 heteroatoms. The van der Waals surface area contributed by atoms with Gasteiger partial charge in [0.05, 0.1) is 11.6 Å². The van der Waals surface area contributed by atoms with Gasteiger partial charge in [-0.3, -0.25) is 4.99 Å². The topological polar surface area (TPSA) is 58.5 Å². The first-order valence-corrected chi connectivity index (χ1v) is 8.19. The van der Waals surface area contributed by atoms with Gasteiger partial charge < -0.3 is 15.4 Å². The minimum atomic E-state index is -2.85. The van der Waals surface area contributed by atoms with E-state index in [2.05, 4.69) is 25.3 Å². The SMILES string of the molecule is CN=C(NCc1cnc(C)s1)NCc1cc(C)ccc1OC(F)F.I. The molecule has 2 rings (SSSR count). The lowest BCUT2D eigenvalue weighted by atomic mass is 10.1. The van der Waals surface area contributed by atoms with Crippen molar-refractivity contribution in [3.05, 3.63) is 45.4 Å². The van der Waals surface area contributed by atoms with Crippen LogP contribution in [0.25, 0.3) is 0 Å². The molecular weight excluding hydrogens is 461 g/mol. The monoisotopic (exact) mass is 482 g/mol. The second kappa shape index (κ2) is 10.5. The second-order valence-electron chi connectivity index (χ2n) is 5.11. The molecule has 0 unspecified atom stereocenters. The number of guanidine groups is 1. The van der Waals surface area contributed by atoms with Crippen molar-refractivity contribution < 1.29 is 13.5 Å². The van der Waals surface area contributed by atoms with Gasteiger partial charge in [0.2, 0.25) is 0 Å². The molecule has 1 aromatic carbocycles. The number of aryl methyl sites for hydroxylation is 2. The highest BCUT2D eigenvalue weighted by Crippen LogP contribution is 2.22. The van der Waals surface area contributed by atoms with Crippen molar-refractivity contribution in [3.8, 4) is 5.75 Å². The van der Waals surface area contributed by atoms with Crippen molar-refractivity contribution in [1.29, 1.82) is 0 Å². The van der Waals surface area contributed by atoms with Crippen LogP contribution in [0.4, 0.5) is 8.78 Å². The molecule has 0 radical (unpaired) electrons. The molecule has 25 heavy (non-hydrogen) atoms. The summed E-state index contributed by atoms with van der Waals surface area (Å²) in [5, 5.41) is 7.27. The van der Waals surface area contributed by atoms with E-state index < -0.39 is 6.61 Å². The molecule has 2 N–H and O–H groups in total. The van der Waals surface area contributed by atoms with Crippen LogP contribution in [0.3, 0.4) is 0 Å². The summed E-state index contributed by atoms with van der Waals surface area (Å²) in [5.41, 5.74) is 1.61. The van der Waals surface area contributed by atoms with E-state index in [9.17, 15) is 8.78 Å². The minimum Gasteiger partial charge on any atom is -0.434 e. The molecule has 0 bridgehead atoms. The summed E-state index contributed by atoms with van der Waals surface area (Å²) in [6.45, 7) is 1.92. The Balaban J connectivity index is 0.00000312. The average molecular weight is 482 g/mol. The number of aliphatic imine (C=N–C) groups is 1. The van der Waals surface area contributed by atoms with E-state index in [0.717, 1.165) is 15.4 Å². The van der Waals surface area contributed by atoms with Gasteiger partial charge in [0.1, 0.15) is 5.75 Å². The summed E-state index contributed by atoms with van der Waals surface area (Å²) in [6, 6.07) is 5.10. The maximum absolute atomic E-state index is 12.5. The van der Waals surface area contributed by atoms with Crippen molar-refractivity contribution in [2.45, 2.75) is 33.5 Å². The summed E-state index contributed by atoms with van der Waals surface area (Å²) in [7, 11) is 1.65. The quantitative estimate of drug-likeness (QED) is 0.373. The van der Waals surface area contributed by atoms with Gasteiger partial charge in [-0.2, -0.15) is 8.78 Å². The maximum Gasteiger partial charge on any atom is 0.387 e. The van der Waals surface area contributed by atoms with Gasteiger partial charge in [-0.25, -0.2) is 4.98 Å².